The lowest BCUT2D eigenvalue weighted by Gasteiger charge is -2.44. The van der Waals surface area contributed by atoms with Crippen molar-refractivity contribution < 1.29 is 12.8 Å². The highest BCUT2D eigenvalue weighted by molar-refractivity contribution is 7.89. The molecule has 0 radical (unpaired) electrons. The third-order valence-corrected chi connectivity index (χ3v) is 7.57. The van der Waals surface area contributed by atoms with Crippen LogP contribution >= 0.6 is 0 Å². The Morgan fingerprint density at radius 3 is 2.21 bits per heavy atom. The molecule has 2 fully saturated rings. The first-order valence-corrected chi connectivity index (χ1v) is 11.8. The number of rotatable bonds is 5. The van der Waals surface area contributed by atoms with Crippen molar-refractivity contribution in [2.45, 2.75) is 42.7 Å². The fourth-order valence-corrected chi connectivity index (χ4v) is 5.84. The number of nitrogens with one attached hydrogen (secondary N) is 1. The molecule has 1 aliphatic carbocycles. The van der Waals surface area contributed by atoms with Crippen molar-refractivity contribution in [3.8, 4) is 0 Å². The lowest BCUT2D eigenvalue weighted by molar-refractivity contribution is 0.124. The first kappa shape index (κ1) is 20.3. The molecule has 2 aromatic carbocycles. The summed E-state index contributed by atoms with van der Waals surface area (Å²) in [6.07, 6.45) is 4.06. The molecule has 29 heavy (non-hydrogen) atoms. The molecule has 2 atom stereocenters. The molecular weight excluding hydrogens is 389 g/mol. The summed E-state index contributed by atoms with van der Waals surface area (Å²) in [4.78, 5) is 5.02. The van der Waals surface area contributed by atoms with Gasteiger partial charge in [0.1, 0.15) is 5.82 Å². The van der Waals surface area contributed by atoms with E-state index < -0.39 is 10.0 Å². The predicted octanol–water partition coefficient (Wildman–Crippen LogP) is 3.24. The monoisotopic (exact) mass is 417 g/mol. The smallest absolute Gasteiger partial charge is 0.240 e. The van der Waals surface area contributed by atoms with Crippen molar-refractivity contribution in [3.05, 3.63) is 60.4 Å². The molecule has 1 saturated carbocycles. The number of hydrogen-bond donors (Lipinski definition) is 1. The van der Waals surface area contributed by atoms with Crippen LogP contribution in [0.4, 0.5) is 10.1 Å². The average Bonchev–Trinajstić information content (AvgIpc) is 2.75. The molecule has 1 saturated heterocycles. The Hall–Kier alpha value is -1.96. The van der Waals surface area contributed by atoms with Crippen LogP contribution < -0.4 is 9.62 Å². The van der Waals surface area contributed by atoms with Crippen molar-refractivity contribution in [2.24, 2.45) is 0 Å². The van der Waals surface area contributed by atoms with Gasteiger partial charge in [-0.25, -0.2) is 17.5 Å². The number of nitrogens with zero attached hydrogens (tertiary/aromatic N) is 2. The summed E-state index contributed by atoms with van der Waals surface area (Å²) in [5.74, 6) is -0.219. The Labute approximate surface area is 172 Å². The van der Waals surface area contributed by atoms with Gasteiger partial charge in [0.15, 0.2) is 0 Å². The molecule has 4 rings (SSSR count). The highest BCUT2D eigenvalue weighted by atomic mass is 32.2. The van der Waals surface area contributed by atoms with E-state index in [9.17, 15) is 12.8 Å². The molecule has 0 aromatic heterocycles. The van der Waals surface area contributed by atoms with Crippen LogP contribution in [0.25, 0.3) is 0 Å². The lowest BCUT2D eigenvalue weighted by Crippen LogP contribution is -2.58. The zero-order chi connectivity index (χ0) is 20.3. The summed E-state index contributed by atoms with van der Waals surface area (Å²) in [7, 11) is -3.51. The molecule has 5 nitrogen and oxygen atoms in total. The fraction of sp³-hybridized carbons (Fsp3) is 0.455. The fourth-order valence-electron chi connectivity index (χ4n) is 4.52. The Bertz CT molecular complexity index is 897. The van der Waals surface area contributed by atoms with Crippen molar-refractivity contribution >= 4 is 15.7 Å². The topological polar surface area (TPSA) is 52.7 Å². The van der Waals surface area contributed by atoms with Gasteiger partial charge in [-0.3, -0.25) is 4.90 Å². The van der Waals surface area contributed by atoms with Gasteiger partial charge < -0.3 is 4.90 Å². The number of benzene rings is 2. The summed E-state index contributed by atoms with van der Waals surface area (Å²) in [5.41, 5.74) is 1.04. The highest BCUT2D eigenvalue weighted by Crippen LogP contribution is 2.27. The quantitative estimate of drug-likeness (QED) is 0.812. The standard InChI is InChI=1S/C22H28FN3O2S/c23-18-10-12-19(13-11-18)25-14-16-26(17-15-25)22-9-5-4-8-21(22)24-29(27,28)20-6-2-1-3-7-20/h1-3,6-7,10-13,21-22,24H,4-5,8-9,14-17H2/t21-,22-/m1/s1. The number of piperazine rings is 1. The number of halogens is 1. The van der Waals surface area contributed by atoms with Crippen LogP contribution in [-0.2, 0) is 10.0 Å². The van der Waals surface area contributed by atoms with E-state index in [1.165, 1.54) is 12.1 Å². The van der Waals surface area contributed by atoms with E-state index in [2.05, 4.69) is 14.5 Å². The molecule has 7 heteroatoms. The van der Waals surface area contributed by atoms with Crippen LogP contribution in [-0.4, -0.2) is 51.6 Å². The summed E-state index contributed by atoms with van der Waals surface area (Å²) in [5, 5.41) is 0. The van der Waals surface area contributed by atoms with Gasteiger partial charge >= 0.3 is 0 Å². The number of anilines is 1. The minimum absolute atomic E-state index is 0.0636. The van der Waals surface area contributed by atoms with E-state index in [0.717, 1.165) is 57.5 Å². The van der Waals surface area contributed by atoms with Crippen molar-refractivity contribution in [1.29, 1.82) is 0 Å². The Morgan fingerprint density at radius 2 is 1.52 bits per heavy atom. The molecule has 2 aliphatic rings. The van der Waals surface area contributed by atoms with E-state index in [1.807, 2.05) is 18.2 Å². The van der Waals surface area contributed by atoms with Crippen LogP contribution in [0.2, 0.25) is 0 Å². The molecule has 1 heterocycles. The molecule has 0 amide bonds. The van der Waals surface area contributed by atoms with Gasteiger partial charge in [-0.05, 0) is 49.2 Å². The summed E-state index contributed by atoms with van der Waals surface area (Å²) < 4.78 is 41.8. The van der Waals surface area contributed by atoms with Gasteiger partial charge in [0.2, 0.25) is 10.0 Å². The third-order valence-electron chi connectivity index (χ3n) is 6.06. The zero-order valence-corrected chi connectivity index (χ0v) is 17.3. The third kappa shape index (κ3) is 4.79. The van der Waals surface area contributed by atoms with E-state index in [4.69, 9.17) is 0 Å². The van der Waals surface area contributed by atoms with Gasteiger partial charge in [0.05, 0.1) is 4.90 Å². The molecule has 1 aliphatic heterocycles. The molecular formula is C22H28FN3O2S. The molecule has 2 aromatic rings. The van der Waals surface area contributed by atoms with E-state index >= 15 is 0 Å². The van der Waals surface area contributed by atoms with Crippen molar-refractivity contribution in [1.82, 2.24) is 9.62 Å². The SMILES string of the molecule is O=S(=O)(N[C@@H]1CCCC[C@H]1N1CCN(c2ccc(F)cc2)CC1)c1ccccc1. The second kappa shape index (κ2) is 8.81. The Morgan fingerprint density at radius 1 is 0.862 bits per heavy atom. The maximum atomic E-state index is 13.2. The lowest BCUT2D eigenvalue weighted by atomic mass is 9.89. The summed E-state index contributed by atoms with van der Waals surface area (Å²) in [6.45, 7) is 3.48. The predicted molar refractivity (Wildman–Crippen MR) is 113 cm³/mol. The number of sulfonamides is 1. The number of hydrogen-bond acceptors (Lipinski definition) is 4. The maximum Gasteiger partial charge on any atom is 0.240 e. The van der Waals surface area contributed by atoms with Crippen molar-refractivity contribution in [2.75, 3.05) is 31.1 Å². The Kier molecular flexibility index (Phi) is 6.18. The first-order valence-electron chi connectivity index (χ1n) is 10.3. The Balaban J connectivity index is 1.41. The van der Waals surface area contributed by atoms with Crippen LogP contribution in [0.1, 0.15) is 25.7 Å². The minimum Gasteiger partial charge on any atom is -0.369 e. The second-order valence-electron chi connectivity index (χ2n) is 7.89. The summed E-state index contributed by atoms with van der Waals surface area (Å²) >= 11 is 0. The van der Waals surface area contributed by atoms with Gasteiger partial charge in [-0.1, -0.05) is 31.0 Å². The largest absolute Gasteiger partial charge is 0.369 e. The van der Waals surface area contributed by atoms with E-state index in [0.29, 0.717) is 4.90 Å². The van der Waals surface area contributed by atoms with Crippen LogP contribution in [0.3, 0.4) is 0 Å². The average molecular weight is 418 g/mol. The van der Waals surface area contributed by atoms with E-state index in [-0.39, 0.29) is 17.9 Å². The molecule has 1 N–H and O–H groups in total. The van der Waals surface area contributed by atoms with Crippen LogP contribution in [0, 0.1) is 5.82 Å². The summed E-state index contributed by atoms with van der Waals surface area (Å²) in [6, 6.07) is 15.4. The highest BCUT2D eigenvalue weighted by Gasteiger charge is 2.34. The first-order chi connectivity index (χ1) is 14.0. The van der Waals surface area contributed by atoms with Gasteiger partial charge in [0.25, 0.3) is 0 Å². The molecule has 0 unspecified atom stereocenters. The normalized spacial score (nSPS) is 23.8. The van der Waals surface area contributed by atoms with Gasteiger partial charge in [0, 0.05) is 44.0 Å². The second-order valence-corrected chi connectivity index (χ2v) is 9.61. The van der Waals surface area contributed by atoms with E-state index in [1.54, 1.807) is 24.3 Å². The van der Waals surface area contributed by atoms with Crippen LogP contribution in [0.15, 0.2) is 59.5 Å². The van der Waals surface area contributed by atoms with Gasteiger partial charge in [-0.2, -0.15) is 0 Å². The van der Waals surface area contributed by atoms with Crippen molar-refractivity contribution in [3.63, 3.8) is 0 Å². The molecule has 0 spiro atoms. The molecule has 0 bridgehead atoms. The zero-order valence-electron chi connectivity index (χ0n) is 16.5. The maximum absolute atomic E-state index is 13.2. The van der Waals surface area contributed by atoms with Crippen LogP contribution in [0.5, 0.6) is 0 Å². The minimum atomic E-state index is -3.51. The molecule has 156 valence electrons. The van der Waals surface area contributed by atoms with Gasteiger partial charge in [-0.15, -0.1) is 0 Å².